The molecule has 0 atom stereocenters. The monoisotopic (exact) mass is 517 g/mol. The predicted molar refractivity (Wildman–Crippen MR) is 151 cm³/mol. The number of carbonyl (C=O) groups excluding carboxylic acids is 1. The molecule has 0 radical (unpaired) electrons. The second-order valence-electron chi connectivity index (χ2n) is 9.70. The number of thiocarbonyl (C=S) groups is 1. The van der Waals surface area contributed by atoms with E-state index in [4.69, 9.17) is 22.1 Å². The lowest BCUT2D eigenvalue weighted by molar-refractivity contribution is -0.124. The summed E-state index contributed by atoms with van der Waals surface area (Å²) in [5.41, 5.74) is 4.70. The zero-order valence-electron chi connectivity index (χ0n) is 20.9. The maximum atomic E-state index is 13.5. The van der Waals surface area contributed by atoms with Gasteiger partial charge in [-0.15, -0.1) is 0 Å². The standard InChI is InChI=1S/C29H31N3O2S2/c1-19(2)34-25-15-14-21(16-20(25)3)27-22(18-31(30-27)23-10-6-4-7-11-23)17-26-28(33)32(29(35)36-26)24-12-8-5-9-13-24/h4,6-7,10-11,14-19,24H,5,8-9,12-13H2,1-3H3/b26-17-. The first kappa shape index (κ1) is 24.8. The van der Waals surface area contributed by atoms with Gasteiger partial charge >= 0.3 is 0 Å². The second kappa shape index (κ2) is 10.6. The molecule has 1 aromatic heterocycles. The van der Waals surface area contributed by atoms with E-state index in [0.717, 1.165) is 59.5 Å². The molecule has 186 valence electrons. The minimum atomic E-state index is 0.0205. The number of amides is 1. The number of ether oxygens (including phenoxy) is 1. The number of nitrogens with zero attached hydrogens (tertiary/aromatic N) is 3. The van der Waals surface area contributed by atoms with Crippen LogP contribution in [0.2, 0.25) is 0 Å². The summed E-state index contributed by atoms with van der Waals surface area (Å²) >= 11 is 7.06. The number of carbonyl (C=O) groups is 1. The summed E-state index contributed by atoms with van der Waals surface area (Å²) in [6, 6.07) is 16.4. The van der Waals surface area contributed by atoms with Gasteiger partial charge in [-0.3, -0.25) is 9.69 Å². The third-order valence-electron chi connectivity index (χ3n) is 6.62. The molecular formula is C29H31N3O2S2. The molecule has 0 N–H and O–H groups in total. The molecule has 1 aliphatic carbocycles. The molecule has 0 bridgehead atoms. The van der Waals surface area contributed by atoms with E-state index in [2.05, 4.69) is 6.07 Å². The van der Waals surface area contributed by atoms with Crippen LogP contribution < -0.4 is 4.74 Å². The van der Waals surface area contributed by atoms with Crippen LogP contribution in [-0.4, -0.2) is 37.1 Å². The van der Waals surface area contributed by atoms with E-state index in [1.54, 1.807) is 0 Å². The smallest absolute Gasteiger partial charge is 0.266 e. The number of aromatic nitrogens is 2. The SMILES string of the molecule is Cc1cc(-c2nn(-c3ccccc3)cc2/C=C2\SC(=S)N(C3CCCCC3)C2=O)ccc1OC(C)C. The quantitative estimate of drug-likeness (QED) is 0.256. The summed E-state index contributed by atoms with van der Waals surface area (Å²) in [6.45, 7) is 6.09. The number of aryl methyl sites for hydroxylation is 1. The number of rotatable bonds is 6. The van der Waals surface area contributed by atoms with Crippen molar-refractivity contribution in [2.45, 2.75) is 65.0 Å². The van der Waals surface area contributed by atoms with Gasteiger partial charge in [-0.2, -0.15) is 5.10 Å². The molecule has 36 heavy (non-hydrogen) atoms. The van der Waals surface area contributed by atoms with Crippen LogP contribution in [0.3, 0.4) is 0 Å². The average molecular weight is 518 g/mol. The van der Waals surface area contributed by atoms with Crippen molar-refractivity contribution in [3.63, 3.8) is 0 Å². The largest absolute Gasteiger partial charge is 0.491 e. The van der Waals surface area contributed by atoms with Gasteiger partial charge in [0, 0.05) is 23.4 Å². The van der Waals surface area contributed by atoms with E-state index >= 15 is 0 Å². The first-order chi connectivity index (χ1) is 17.4. The number of para-hydroxylation sites is 1. The number of benzene rings is 2. The van der Waals surface area contributed by atoms with Crippen molar-refractivity contribution in [1.29, 1.82) is 0 Å². The minimum absolute atomic E-state index is 0.0205. The van der Waals surface area contributed by atoms with Gasteiger partial charge in [-0.25, -0.2) is 4.68 Å². The van der Waals surface area contributed by atoms with Gasteiger partial charge in [0.15, 0.2) is 0 Å². The average Bonchev–Trinajstić information content (AvgIpc) is 3.41. The van der Waals surface area contributed by atoms with E-state index in [1.807, 2.05) is 85.1 Å². The number of hydrogen-bond donors (Lipinski definition) is 0. The summed E-state index contributed by atoms with van der Waals surface area (Å²) < 4.78 is 8.48. The van der Waals surface area contributed by atoms with Crippen LogP contribution in [0.5, 0.6) is 5.75 Å². The zero-order chi connectivity index (χ0) is 25.2. The zero-order valence-corrected chi connectivity index (χ0v) is 22.6. The van der Waals surface area contributed by atoms with Crippen molar-refractivity contribution in [3.8, 4) is 22.7 Å². The van der Waals surface area contributed by atoms with E-state index in [0.29, 0.717) is 9.23 Å². The Balaban J connectivity index is 1.54. The molecule has 1 saturated carbocycles. The number of hydrogen-bond acceptors (Lipinski definition) is 5. The topological polar surface area (TPSA) is 47.4 Å². The second-order valence-corrected chi connectivity index (χ2v) is 11.4. The van der Waals surface area contributed by atoms with E-state index in [9.17, 15) is 4.79 Å². The molecule has 2 heterocycles. The van der Waals surface area contributed by atoms with Crippen LogP contribution in [0.1, 0.15) is 57.1 Å². The fourth-order valence-corrected chi connectivity index (χ4v) is 6.28. The Morgan fingerprint density at radius 1 is 1.11 bits per heavy atom. The fraction of sp³-hybridized carbons (Fsp3) is 0.345. The van der Waals surface area contributed by atoms with Crippen molar-refractivity contribution in [1.82, 2.24) is 14.7 Å². The molecule has 2 aromatic carbocycles. The van der Waals surface area contributed by atoms with Crippen LogP contribution in [0.25, 0.3) is 23.0 Å². The van der Waals surface area contributed by atoms with Crippen molar-refractivity contribution >= 4 is 40.3 Å². The lowest BCUT2D eigenvalue weighted by atomic mass is 9.94. The molecule has 1 aliphatic heterocycles. The normalized spacial score (nSPS) is 18.0. The van der Waals surface area contributed by atoms with Gasteiger partial charge in [-0.1, -0.05) is 61.4 Å². The highest BCUT2D eigenvalue weighted by molar-refractivity contribution is 8.26. The lowest BCUT2D eigenvalue weighted by Crippen LogP contribution is -2.39. The van der Waals surface area contributed by atoms with Gasteiger partial charge in [0.25, 0.3) is 5.91 Å². The number of thioether (sulfide) groups is 1. The van der Waals surface area contributed by atoms with Crippen molar-refractivity contribution in [2.75, 3.05) is 0 Å². The van der Waals surface area contributed by atoms with Crippen molar-refractivity contribution < 1.29 is 9.53 Å². The van der Waals surface area contributed by atoms with E-state index < -0.39 is 0 Å². The molecule has 5 nitrogen and oxygen atoms in total. The highest BCUT2D eigenvalue weighted by Gasteiger charge is 2.37. The van der Waals surface area contributed by atoms with Crippen LogP contribution in [0.4, 0.5) is 0 Å². The molecule has 1 amide bonds. The van der Waals surface area contributed by atoms with Gasteiger partial charge in [-0.05, 0) is 75.6 Å². The molecule has 2 fully saturated rings. The van der Waals surface area contributed by atoms with Crippen LogP contribution in [0, 0.1) is 6.92 Å². The van der Waals surface area contributed by atoms with Crippen LogP contribution in [-0.2, 0) is 4.79 Å². The van der Waals surface area contributed by atoms with Crippen molar-refractivity contribution in [3.05, 3.63) is 70.8 Å². The van der Waals surface area contributed by atoms with Gasteiger partial charge in [0.1, 0.15) is 15.8 Å². The molecule has 0 spiro atoms. The first-order valence-corrected chi connectivity index (χ1v) is 13.8. The highest BCUT2D eigenvalue weighted by atomic mass is 32.2. The van der Waals surface area contributed by atoms with Gasteiger partial charge in [0.05, 0.1) is 16.7 Å². The van der Waals surface area contributed by atoms with Crippen LogP contribution >= 0.6 is 24.0 Å². The maximum absolute atomic E-state index is 13.5. The van der Waals surface area contributed by atoms with Gasteiger partial charge < -0.3 is 4.74 Å². The molecular weight excluding hydrogens is 486 g/mol. The summed E-state index contributed by atoms with van der Waals surface area (Å²) in [4.78, 5) is 16.0. The summed E-state index contributed by atoms with van der Waals surface area (Å²) in [5.74, 6) is 0.887. The van der Waals surface area contributed by atoms with Crippen molar-refractivity contribution in [2.24, 2.45) is 0 Å². The van der Waals surface area contributed by atoms with Crippen LogP contribution in [0.15, 0.2) is 59.6 Å². The highest BCUT2D eigenvalue weighted by Crippen LogP contribution is 2.39. The fourth-order valence-electron chi connectivity index (χ4n) is 4.89. The summed E-state index contributed by atoms with van der Waals surface area (Å²) in [6.07, 6.45) is 9.66. The van der Waals surface area contributed by atoms with E-state index in [-0.39, 0.29) is 18.1 Å². The third-order valence-corrected chi connectivity index (χ3v) is 7.95. The Kier molecular flexibility index (Phi) is 7.30. The Bertz CT molecular complexity index is 1310. The Hall–Kier alpha value is -2.90. The third kappa shape index (κ3) is 5.13. The van der Waals surface area contributed by atoms with E-state index in [1.165, 1.54) is 18.2 Å². The molecule has 5 rings (SSSR count). The maximum Gasteiger partial charge on any atom is 0.266 e. The molecule has 1 saturated heterocycles. The molecule has 2 aliphatic rings. The molecule has 3 aromatic rings. The Morgan fingerprint density at radius 3 is 2.56 bits per heavy atom. The predicted octanol–water partition coefficient (Wildman–Crippen LogP) is 7.17. The Morgan fingerprint density at radius 2 is 1.86 bits per heavy atom. The van der Waals surface area contributed by atoms with Gasteiger partial charge in [0.2, 0.25) is 0 Å². The first-order valence-electron chi connectivity index (χ1n) is 12.6. The lowest BCUT2D eigenvalue weighted by Gasteiger charge is -2.29. The molecule has 0 unspecified atom stereocenters. The molecule has 7 heteroatoms. The summed E-state index contributed by atoms with van der Waals surface area (Å²) in [7, 11) is 0. The Labute approximate surface area is 222 Å². The summed E-state index contributed by atoms with van der Waals surface area (Å²) in [5, 5.41) is 4.94. The minimum Gasteiger partial charge on any atom is -0.491 e.